The van der Waals surface area contributed by atoms with Gasteiger partial charge in [0.05, 0.1) is 0 Å². The fourth-order valence-electron chi connectivity index (χ4n) is 2.38. The van der Waals surface area contributed by atoms with Gasteiger partial charge in [0.2, 0.25) is 0 Å². The van der Waals surface area contributed by atoms with Crippen LogP contribution in [0.4, 0.5) is 0 Å². The van der Waals surface area contributed by atoms with Crippen molar-refractivity contribution in [3.8, 4) is 0 Å². The molecule has 3 rings (SSSR count). The summed E-state index contributed by atoms with van der Waals surface area (Å²) in [6, 6.07) is 0. The normalized spacial score (nSPS) is 14.8. The number of imidazole rings is 1. The molecule has 0 amide bonds. The number of thiol groups is 1. The first-order valence-corrected chi connectivity index (χ1v) is 8.09. The van der Waals surface area contributed by atoms with Gasteiger partial charge in [-0.25, -0.2) is 14.5 Å². The number of allylic oxidation sites excluding steroid dienone is 2. The molecule has 0 bridgehead atoms. The van der Waals surface area contributed by atoms with Crippen molar-refractivity contribution in [3.63, 3.8) is 0 Å². The Bertz CT molecular complexity index is 893. The Morgan fingerprint density at radius 3 is 2.09 bits per heavy atom. The summed E-state index contributed by atoms with van der Waals surface area (Å²) in [6.07, 6.45) is 3.89. The van der Waals surface area contributed by atoms with Gasteiger partial charge in [-0.05, 0) is 10.8 Å². The molecular formula is C12H17N7O2S. The molecule has 0 fully saturated rings. The van der Waals surface area contributed by atoms with Gasteiger partial charge in [-0.1, -0.05) is 12.2 Å². The maximum atomic E-state index is 12.5. The minimum absolute atomic E-state index is 0.212. The van der Waals surface area contributed by atoms with Crippen LogP contribution in [0.15, 0.2) is 37.7 Å². The highest BCUT2D eigenvalue weighted by Gasteiger charge is 2.22. The molecule has 118 valence electrons. The summed E-state index contributed by atoms with van der Waals surface area (Å²) in [5, 5.41) is 4.76. The molecule has 0 aliphatic carbocycles. The molecule has 10 heteroatoms. The number of nitrogens with one attached hydrogen (secondary N) is 3. The quantitative estimate of drug-likeness (QED) is 0.555. The number of fused-ring (bicyclic) bond motifs is 1. The molecular weight excluding hydrogens is 306 g/mol. The monoisotopic (exact) mass is 323 g/mol. The van der Waals surface area contributed by atoms with Gasteiger partial charge >= 0.3 is 11.2 Å². The van der Waals surface area contributed by atoms with Crippen molar-refractivity contribution in [2.45, 2.75) is 5.16 Å². The molecule has 0 aromatic carbocycles. The molecule has 1 aliphatic heterocycles. The third-order valence-corrected chi connectivity index (χ3v) is 5.09. The molecule has 2 aromatic rings. The second-order valence-corrected chi connectivity index (χ2v) is 6.25. The van der Waals surface area contributed by atoms with Crippen LogP contribution in [0.5, 0.6) is 0 Å². The Hall–Kier alpha value is -2.62. The summed E-state index contributed by atoms with van der Waals surface area (Å²) in [7, 11) is 4.09. The van der Waals surface area contributed by atoms with Crippen molar-refractivity contribution in [3.05, 3.63) is 43.8 Å². The second-order valence-electron chi connectivity index (χ2n) is 4.44. The van der Waals surface area contributed by atoms with E-state index in [1.807, 2.05) is 23.0 Å². The third kappa shape index (κ3) is 1.84. The fourth-order valence-corrected chi connectivity index (χ4v) is 3.96. The molecule has 2 aromatic heterocycles. The van der Waals surface area contributed by atoms with Crippen molar-refractivity contribution in [1.82, 2.24) is 19.0 Å². The minimum atomic E-state index is -0.750. The summed E-state index contributed by atoms with van der Waals surface area (Å²) in [4.78, 5) is 29.3. The predicted molar refractivity (Wildman–Crippen MR) is 89.6 cm³/mol. The van der Waals surface area contributed by atoms with Crippen LogP contribution in [0.3, 0.4) is 0 Å². The highest BCUT2D eigenvalue weighted by atomic mass is 32.2. The van der Waals surface area contributed by atoms with Gasteiger partial charge in [-0.2, -0.15) is 20.2 Å². The van der Waals surface area contributed by atoms with E-state index in [1.54, 1.807) is 18.8 Å². The first-order valence-electron chi connectivity index (χ1n) is 6.61. The van der Waals surface area contributed by atoms with E-state index >= 15 is 0 Å². The van der Waals surface area contributed by atoms with Crippen LogP contribution in [0, 0.1) is 0 Å². The van der Waals surface area contributed by atoms with Crippen LogP contribution in [0.2, 0.25) is 0 Å². The Kier molecular flexibility index (Phi) is 3.45. The zero-order valence-electron chi connectivity index (χ0n) is 12.4. The van der Waals surface area contributed by atoms with Crippen LogP contribution < -0.4 is 27.5 Å². The Morgan fingerprint density at radius 2 is 1.55 bits per heavy atom. The van der Waals surface area contributed by atoms with Crippen molar-refractivity contribution < 1.29 is 0 Å². The lowest BCUT2D eigenvalue weighted by atomic mass is 10.5. The van der Waals surface area contributed by atoms with E-state index in [2.05, 4.69) is 21.3 Å². The van der Waals surface area contributed by atoms with Crippen molar-refractivity contribution >= 4 is 22.1 Å². The average molecular weight is 323 g/mol. The molecule has 22 heavy (non-hydrogen) atoms. The van der Waals surface area contributed by atoms with Gasteiger partial charge < -0.3 is 16.3 Å². The van der Waals surface area contributed by atoms with E-state index in [-0.39, 0.29) is 5.52 Å². The Morgan fingerprint density at radius 1 is 0.955 bits per heavy atom. The van der Waals surface area contributed by atoms with Gasteiger partial charge in [-0.3, -0.25) is 4.79 Å². The summed E-state index contributed by atoms with van der Waals surface area (Å²) >= 11 is 0. The molecule has 0 saturated heterocycles. The maximum absolute atomic E-state index is 12.5. The number of hydrogen-bond acceptors (Lipinski definition) is 6. The lowest BCUT2D eigenvalue weighted by Crippen LogP contribution is -2.46. The molecule has 0 unspecified atom stereocenters. The maximum Gasteiger partial charge on any atom is 0.370 e. The second kappa shape index (κ2) is 5.30. The largest absolute Gasteiger partial charge is 0.370 e. The predicted octanol–water partition coefficient (Wildman–Crippen LogP) is -0.719. The van der Waals surface area contributed by atoms with Gasteiger partial charge in [0.1, 0.15) is 0 Å². The average Bonchev–Trinajstić information content (AvgIpc) is 3.15. The summed E-state index contributed by atoms with van der Waals surface area (Å²) in [6.45, 7) is 0. The van der Waals surface area contributed by atoms with Crippen molar-refractivity contribution in [1.29, 1.82) is 0 Å². The lowest BCUT2D eigenvalue weighted by Gasteiger charge is -2.15. The van der Waals surface area contributed by atoms with E-state index in [0.29, 0.717) is 10.8 Å². The van der Waals surface area contributed by atoms with Crippen LogP contribution >= 0.6 is 10.9 Å². The van der Waals surface area contributed by atoms with E-state index < -0.39 is 22.1 Å². The summed E-state index contributed by atoms with van der Waals surface area (Å²) in [5.41, 5.74) is 7.98. The highest BCUT2D eigenvalue weighted by Crippen LogP contribution is 2.41. The number of aromatic nitrogens is 4. The van der Waals surface area contributed by atoms with Crippen molar-refractivity contribution in [2.24, 2.45) is 0 Å². The molecule has 0 saturated carbocycles. The zero-order chi connectivity index (χ0) is 15.9. The molecule has 0 radical (unpaired) electrons. The number of nitrogens with zero attached hydrogens (tertiary/aromatic N) is 4. The van der Waals surface area contributed by atoms with E-state index in [9.17, 15) is 9.59 Å². The van der Waals surface area contributed by atoms with Gasteiger partial charge in [-0.15, -0.1) is 0 Å². The fraction of sp³-hybridized carbons (Fsp3) is 0.250. The summed E-state index contributed by atoms with van der Waals surface area (Å²) in [5.74, 6) is 0. The topological polar surface area (TPSA) is 97.9 Å². The molecule has 9 nitrogen and oxygen atoms in total. The number of rotatable bonds is 4. The van der Waals surface area contributed by atoms with Gasteiger partial charge in [0.25, 0.3) is 0 Å². The minimum Gasteiger partial charge on any atom is -0.325 e. The van der Waals surface area contributed by atoms with E-state index in [0.717, 1.165) is 4.68 Å². The van der Waals surface area contributed by atoms with Gasteiger partial charge in [0, 0.05) is 21.1 Å². The van der Waals surface area contributed by atoms with Crippen LogP contribution in [0.25, 0.3) is 11.2 Å². The molecule has 3 heterocycles. The lowest BCUT2D eigenvalue weighted by molar-refractivity contribution is 0.708. The van der Waals surface area contributed by atoms with Crippen LogP contribution in [-0.2, 0) is 0 Å². The zero-order valence-corrected chi connectivity index (χ0v) is 13.3. The molecule has 3 N–H and O–H groups in total. The molecule has 1 aliphatic rings. The SMILES string of the molecule is CNn1c(=O)c2nc([SH]3C=CC=C3)n(NC)c2n(NC)c1=O. The van der Waals surface area contributed by atoms with E-state index in [4.69, 9.17) is 0 Å². The Balaban J connectivity index is 2.46. The first kappa shape index (κ1) is 14.3. The smallest absolute Gasteiger partial charge is 0.325 e. The third-order valence-electron chi connectivity index (χ3n) is 3.34. The number of hydrogen-bond donors (Lipinski definition) is 4. The van der Waals surface area contributed by atoms with Gasteiger partial charge in [0.15, 0.2) is 16.3 Å². The standard InChI is InChI=1S/C12H17N7O2S/c1-13-17-9-8(16-11(17)22-6-4-5-7-22)10(20)19(15-3)12(21)18(9)14-2/h4-7,13-15,22H,1-3H3. The van der Waals surface area contributed by atoms with E-state index in [1.165, 1.54) is 11.7 Å². The highest BCUT2D eigenvalue weighted by molar-refractivity contribution is 8.22. The summed E-state index contributed by atoms with van der Waals surface area (Å²) < 4.78 is 3.86. The van der Waals surface area contributed by atoms with Crippen molar-refractivity contribution in [2.75, 3.05) is 37.4 Å². The Labute approximate surface area is 128 Å². The van der Waals surface area contributed by atoms with Crippen LogP contribution in [0.1, 0.15) is 0 Å². The molecule has 0 atom stereocenters. The molecule has 0 spiro atoms. The first-order chi connectivity index (χ1) is 10.6. The van der Waals surface area contributed by atoms with Crippen LogP contribution in [-0.4, -0.2) is 40.2 Å².